The standard InChI is InChI=1S/C24H30N2O.C21H25NO2.C19H22N2O.C19H21NO2.C17H17NO2/c1-2-3-5-8-21-11-15-23(25-19-21)22-13-9-20(10-14-22)12-16-24(27)26-17-6-4-7-18-26;1-2-3-4-5-6-7-18-10-14-20(22-16-18)19-12-8-17(9-13-19)11-15-21(23)24;1-2-3-4-5-16-8-12-18(21-14-16)17-10-6-15(7-11-17)9-13-19(20)22;1-2-3-4-5-16-8-12-18(20-14-16)17-10-6-15(7-11-17)9-13-19(21)22;1-2-3-14-6-10-16(18-12-14)15-8-4-13(5-9-15)7-11-17(19)20/h9-16,19H,2-8,17-18H2,1H3;8-16H,2-7H2,1H3,(H,23,24);6-14H,2-5H2,1H3,(H2,20,22);6-14H,2-5H2,1H3,(H,21,22);4-12H,2-3H2,1H3,(H,19,20)/b16-12+;15-11+;2*13-9+;11-7+. The van der Waals surface area contributed by atoms with Crippen LogP contribution in [0.4, 0.5) is 0 Å². The lowest BCUT2D eigenvalue weighted by Gasteiger charge is -2.25. The second-order valence-electron chi connectivity index (χ2n) is 28.6. The summed E-state index contributed by atoms with van der Waals surface area (Å²) in [5.41, 5.74) is 26.1. The molecule has 1 aliphatic heterocycles. The van der Waals surface area contributed by atoms with Crippen LogP contribution in [0.15, 0.2) is 243 Å². The maximum Gasteiger partial charge on any atom is 0.328 e. The van der Waals surface area contributed by atoms with E-state index in [0.29, 0.717) is 0 Å². The third kappa shape index (κ3) is 35.2. The molecule has 5 aromatic heterocycles. The average molecular weight is 1540 g/mol. The van der Waals surface area contributed by atoms with E-state index in [1.165, 1.54) is 130 Å². The molecule has 0 saturated carbocycles. The number of rotatable bonds is 35. The molecular weight excluding hydrogens is 1430 g/mol. The molecular formula is C100H115N7O8. The molecule has 2 amide bonds. The van der Waals surface area contributed by atoms with Crippen LogP contribution in [-0.2, 0) is 56.1 Å². The smallest absolute Gasteiger partial charge is 0.328 e. The summed E-state index contributed by atoms with van der Waals surface area (Å²) in [6, 6.07) is 60.3. The molecule has 0 bridgehead atoms. The Morgan fingerprint density at radius 1 is 0.296 bits per heavy atom. The number of hydrogen-bond donors (Lipinski definition) is 4. The quantitative estimate of drug-likeness (QED) is 0.0214. The zero-order chi connectivity index (χ0) is 82.0. The van der Waals surface area contributed by atoms with E-state index in [2.05, 4.69) is 120 Å². The van der Waals surface area contributed by atoms with E-state index in [0.717, 1.165) is 167 Å². The summed E-state index contributed by atoms with van der Waals surface area (Å²) in [6.45, 7) is 12.8. The second-order valence-corrected chi connectivity index (χ2v) is 28.6. The number of pyridine rings is 5. The van der Waals surface area contributed by atoms with Crippen molar-refractivity contribution in [2.24, 2.45) is 5.73 Å². The van der Waals surface area contributed by atoms with Gasteiger partial charge in [-0.1, -0.05) is 257 Å². The predicted molar refractivity (Wildman–Crippen MR) is 472 cm³/mol. The van der Waals surface area contributed by atoms with Crippen LogP contribution in [-0.4, -0.2) is 88.0 Å². The third-order valence-electron chi connectivity index (χ3n) is 19.3. The maximum absolute atomic E-state index is 12.2. The number of aryl methyl sites for hydroxylation is 5. The van der Waals surface area contributed by atoms with Gasteiger partial charge >= 0.3 is 17.9 Å². The molecule has 0 spiro atoms. The molecule has 10 aromatic rings. The van der Waals surface area contributed by atoms with Crippen molar-refractivity contribution < 1.29 is 39.3 Å². The van der Waals surface area contributed by atoms with Gasteiger partial charge in [-0.25, -0.2) is 14.4 Å². The minimum absolute atomic E-state index is 0.124. The van der Waals surface area contributed by atoms with Crippen LogP contribution in [0, 0.1) is 0 Å². The second kappa shape index (κ2) is 52.3. The van der Waals surface area contributed by atoms with E-state index < -0.39 is 23.8 Å². The van der Waals surface area contributed by atoms with Crippen molar-refractivity contribution >= 4 is 60.1 Å². The summed E-state index contributed by atoms with van der Waals surface area (Å²) in [5.74, 6) is -3.14. The molecule has 115 heavy (non-hydrogen) atoms. The molecule has 15 heteroatoms. The maximum atomic E-state index is 12.2. The van der Waals surface area contributed by atoms with Crippen LogP contribution in [0.1, 0.15) is 206 Å². The first-order valence-corrected chi connectivity index (χ1v) is 41.0. The van der Waals surface area contributed by atoms with E-state index in [-0.39, 0.29) is 5.91 Å². The Balaban J connectivity index is 0.000000200. The number of aliphatic carboxylic acids is 3. The van der Waals surface area contributed by atoms with E-state index in [4.69, 9.17) is 21.1 Å². The van der Waals surface area contributed by atoms with Crippen molar-refractivity contribution in [2.45, 2.75) is 182 Å². The highest BCUT2D eigenvalue weighted by Gasteiger charge is 2.14. The summed E-state index contributed by atoms with van der Waals surface area (Å²) in [4.78, 5) is 79.0. The largest absolute Gasteiger partial charge is 0.478 e. The van der Waals surface area contributed by atoms with Crippen LogP contribution in [0.2, 0.25) is 0 Å². The monoisotopic (exact) mass is 1540 g/mol. The topological polar surface area (TPSA) is 240 Å². The molecule has 1 fully saturated rings. The first kappa shape index (κ1) is 90.1. The molecule has 598 valence electrons. The number of carboxylic acid groups (broad SMARTS) is 3. The van der Waals surface area contributed by atoms with Crippen molar-refractivity contribution in [3.8, 4) is 56.3 Å². The van der Waals surface area contributed by atoms with Crippen LogP contribution in [0.3, 0.4) is 0 Å². The average Bonchev–Trinajstić information content (AvgIpc) is 0.873. The van der Waals surface area contributed by atoms with Gasteiger partial charge in [0.1, 0.15) is 0 Å². The van der Waals surface area contributed by atoms with Crippen LogP contribution in [0.25, 0.3) is 86.7 Å². The Hall–Kier alpha value is -12.1. The van der Waals surface area contributed by atoms with Crippen LogP contribution >= 0.6 is 0 Å². The molecule has 1 aliphatic rings. The minimum atomic E-state index is -0.942. The third-order valence-corrected chi connectivity index (χ3v) is 19.3. The number of carbonyl (C=O) groups excluding carboxylic acids is 2. The molecule has 0 atom stereocenters. The normalized spacial score (nSPS) is 11.8. The van der Waals surface area contributed by atoms with Gasteiger partial charge in [0.2, 0.25) is 11.8 Å². The number of carbonyl (C=O) groups is 5. The van der Waals surface area contributed by atoms with Crippen molar-refractivity contribution in [3.05, 3.63) is 299 Å². The number of benzene rings is 5. The lowest BCUT2D eigenvalue weighted by molar-refractivity contribution is -0.132. The predicted octanol–water partition coefficient (Wildman–Crippen LogP) is 23.2. The van der Waals surface area contributed by atoms with Gasteiger partial charge in [0.15, 0.2) is 0 Å². The molecule has 5 N–H and O–H groups in total. The number of nitrogens with two attached hydrogens (primary N) is 1. The highest BCUT2D eigenvalue weighted by molar-refractivity contribution is 5.92. The highest BCUT2D eigenvalue weighted by atomic mass is 16.4. The molecule has 0 radical (unpaired) electrons. The number of primary amides is 1. The van der Waals surface area contributed by atoms with Crippen molar-refractivity contribution in [3.63, 3.8) is 0 Å². The summed E-state index contributed by atoms with van der Waals surface area (Å²) in [5, 5.41) is 25.8. The zero-order valence-electron chi connectivity index (χ0n) is 67.8. The summed E-state index contributed by atoms with van der Waals surface area (Å²) in [7, 11) is 0. The van der Waals surface area contributed by atoms with Crippen LogP contribution in [0.5, 0.6) is 0 Å². The summed E-state index contributed by atoms with van der Waals surface area (Å²) in [6.07, 6.45) is 52.3. The van der Waals surface area contributed by atoms with Gasteiger partial charge in [-0.05, 0) is 193 Å². The SMILES string of the molecule is CCCCCCCc1ccc(-c2ccc(/C=C/C(=O)O)cc2)nc1.CCCCCc1ccc(-c2ccc(/C=C/C(=O)N3CCCCC3)cc2)nc1.CCCCCc1ccc(-c2ccc(/C=C/C(=O)O)cc2)nc1.CCCCCc1ccc(-c2ccc(/C=C/C(N)=O)cc2)nc1.CCCc1ccc(-c2ccc(/C=C/C(=O)O)cc2)nc1. The lowest BCUT2D eigenvalue weighted by atomic mass is 10.0. The van der Waals surface area contributed by atoms with Gasteiger partial charge in [-0.3, -0.25) is 34.5 Å². The first-order chi connectivity index (χ1) is 56.0. The molecule has 0 aliphatic carbocycles. The number of hydrogen-bond acceptors (Lipinski definition) is 10. The molecule has 15 nitrogen and oxygen atoms in total. The molecule has 11 rings (SSSR count). The van der Waals surface area contributed by atoms with Gasteiger partial charge in [0, 0.05) is 102 Å². The Kier molecular flexibility index (Phi) is 40.9. The van der Waals surface area contributed by atoms with Gasteiger partial charge in [0.05, 0.1) is 28.5 Å². The fourth-order valence-electron chi connectivity index (χ4n) is 12.6. The Morgan fingerprint density at radius 2 is 0.539 bits per heavy atom. The number of piperidine rings is 1. The van der Waals surface area contributed by atoms with Gasteiger partial charge in [-0.2, -0.15) is 0 Å². The fourth-order valence-corrected chi connectivity index (χ4v) is 12.6. The van der Waals surface area contributed by atoms with Crippen molar-refractivity contribution in [1.29, 1.82) is 0 Å². The fraction of sp³-hybridized carbons (Fsp3) is 0.300. The minimum Gasteiger partial charge on any atom is -0.478 e. The Bertz CT molecular complexity index is 4530. The lowest BCUT2D eigenvalue weighted by Crippen LogP contribution is -2.34. The summed E-state index contributed by atoms with van der Waals surface area (Å²) < 4.78 is 0. The van der Waals surface area contributed by atoms with Crippen molar-refractivity contribution in [1.82, 2.24) is 29.8 Å². The molecule has 0 unspecified atom stereocenters. The molecule has 1 saturated heterocycles. The van der Waals surface area contributed by atoms with E-state index in [1.54, 1.807) is 30.4 Å². The summed E-state index contributed by atoms with van der Waals surface area (Å²) >= 11 is 0. The number of amides is 2. The Labute approximate surface area is 681 Å². The number of nitrogens with zero attached hydrogens (tertiary/aromatic N) is 6. The first-order valence-electron chi connectivity index (χ1n) is 41.0. The van der Waals surface area contributed by atoms with E-state index >= 15 is 0 Å². The number of aromatic nitrogens is 5. The van der Waals surface area contributed by atoms with E-state index in [1.807, 2.05) is 163 Å². The van der Waals surface area contributed by atoms with E-state index in [9.17, 15) is 24.0 Å². The Morgan fingerprint density at radius 3 is 0.783 bits per heavy atom. The zero-order valence-corrected chi connectivity index (χ0v) is 67.8. The van der Waals surface area contributed by atoms with Crippen molar-refractivity contribution in [2.75, 3.05) is 13.1 Å². The molecule has 6 heterocycles. The van der Waals surface area contributed by atoms with Gasteiger partial charge in [0.25, 0.3) is 0 Å². The highest BCUT2D eigenvalue weighted by Crippen LogP contribution is 2.26. The molecule has 5 aromatic carbocycles. The number of unbranched alkanes of at least 4 members (excludes halogenated alkanes) is 10. The van der Waals surface area contributed by atoms with Gasteiger partial charge in [-0.15, -0.1) is 0 Å². The van der Waals surface area contributed by atoms with Crippen LogP contribution < -0.4 is 5.73 Å². The van der Waals surface area contributed by atoms with Gasteiger partial charge < -0.3 is 26.0 Å². The number of likely N-dealkylation sites (tertiary alicyclic amines) is 1. The number of carboxylic acids is 3.